The van der Waals surface area contributed by atoms with E-state index < -0.39 is 28.4 Å². The molecular formula is C13H15F3O4S. The standard InChI is InChI=1S/C13H15F3O4S/c1-8(2)11(12(17)18)21(19)7-9-3-5-10(6-4-9)20-13(14,15)16/h3-6,8,11H,7H2,1-2H3,(H,17,18). The Bertz CT molecular complexity index is 511. The van der Waals surface area contributed by atoms with E-state index in [0.29, 0.717) is 5.56 Å². The third-order valence-electron chi connectivity index (χ3n) is 2.60. The van der Waals surface area contributed by atoms with Crippen molar-refractivity contribution in [2.24, 2.45) is 5.92 Å². The number of hydrogen-bond donors (Lipinski definition) is 1. The summed E-state index contributed by atoms with van der Waals surface area (Å²) in [5, 5.41) is 8.01. The molecule has 0 aliphatic carbocycles. The quantitative estimate of drug-likeness (QED) is 0.874. The Morgan fingerprint density at radius 1 is 1.29 bits per heavy atom. The van der Waals surface area contributed by atoms with Crippen LogP contribution in [0.25, 0.3) is 0 Å². The van der Waals surface area contributed by atoms with Crippen LogP contribution in [0.4, 0.5) is 13.2 Å². The number of carboxylic acid groups (broad SMARTS) is 1. The first-order valence-electron chi connectivity index (χ1n) is 6.05. The zero-order chi connectivity index (χ0) is 16.2. The van der Waals surface area contributed by atoms with Gasteiger partial charge in [-0.1, -0.05) is 26.0 Å². The lowest BCUT2D eigenvalue weighted by molar-refractivity contribution is -0.274. The Hall–Kier alpha value is -1.57. The number of aliphatic carboxylic acids is 1. The minimum atomic E-state index is -4.77. The zero-order valence-electron chi connectivity index (χ0n) is 11.4. The zero-order valence-corrected chi connectivity index (χ0v) is 12.2. The number of ether oxygens (including phenoxy) is 1. The van der Waals surface area contributed by atoms with Crippen molar-refractivity contribution >= 4 is 16.8 Å². The van der Waals surface area contributed by atoms with Crippen molar-refractivity contribution in [3.8, 4) is 5.75 Å². The molecule has 0 aromatic heterocycles. The summed E-state index contributed by atoms with van der Waals surface area (Å²) in [6, 6.07) is 4.87. The van der Waals surface area contributed by atoms with Crippen molar-refractivity contribution in [2.45, 2.75) is 31.2 Å². The van der Waals surface area contributed by atoms with Crippen molar-refractivity contribution in [1.29, 1.82) is 0 Å². The van der Waals surface area contributed by atoms with E-state index in [4.69, 9.17) is 5.11 Å². The molecule has 4 nitrogen and oxygen atoms in total. The number of halogens is 3. The lowest BCUT2D eigenvalue weighted by Crippen LogP contribution is -2.31. The van der Waals surface area contributed by atoms with Crippen LogP contribution in [0.15, 0.2) is 24.3 Å². The van der Waals surface area contributed by atoms with E-state index in [2.05, 4.69) is 4.74 Å². The van der Waals surface area contributed by atoms with Gasteiger partial charge in [-0.2, -0.15) is 0 Å². The van der Waals surface area contributed by atoms with Gasteiger partial charge in [0.05, 0.1) is 0 Å². The summed E-state index contributed by atoms with van der Waals surface area (Å²) in [5.41, 5.74) is 0.481. The van der Waals surface area contributed by atoms with Gasteiger partial charge in [-0.05, 0) is 23.6 Å². The van der Waals surface area contributed by atoms with E-state index in [9.17, 15) is 22.2 Å². The molecule has 0 aliphatic rings. The SMILES string of the molecule is CC(C)C(C(=O)O)S(=O)Cc1ccc(OC(F)(F)F)cc1. The Kier molecular flexibility index (Phi) is 5.77. The number of rotatable bonds is 6. The summed E-state index contributed by atoms with van der Waals surface area (Å²) in [6.07, 6.45) is -4.77. The van der Waals surface area contributed by atoms with Gasteiger partial charge in [-0.3, -0.25) is 9.00 Å². The minimum Gasteiger partial charge on any atom is -0.480 e. The average Bonchev–Trinajstić information content (AvgIpc) is 2.28. The topological polar surface area (TPSA) is 63.6 Å². The lowest BCUT2D eigenvalue weighted by Gasteiger charge is -2.16. The Labute approximate surface area is 122 Å². The largest absolute Gasteiger partial charge is 0.573 e. The van der Waals surface area contributed by atoms with Gasteiger partial charge in [-0.15, -0.1) is 13.2 Å². The first kappa shape index (κ1) is 17.5. The molecule has 8 heteroatoms. The minimum absolute atomic E-state index is 0.0402. The maximum absolute atomic E-state index is 12.0. The number of carbonyl (C=O) groups is 1. The molecule has 0 amide bonds. The molecule has 118 valence electrons. The van der Waals surface area contributed by atoms with Crippen LogP contribution in [0.3, 0.4) is 0 Å². The molecular weight excluding hydrogens is 309 g/mol. The van der Waals surface area contributed by atoms with Crippen molar-refractivity contribution < 1.29 is 32.0 Å². The van der Waals surface area contributed by atoms with E-state index in [1.165, 1.54) is 12.1 Å². The van der Waals surface area contributed by atoms with Gasteiger partial charge in [0.2, 0.25) is 0 Å². The molecule has 0 saturated heterocycles. The summed E-state index contributed by atoms with van der Waals surface area (Å²) in [7, 11) is -1.66. The van der Waals surface area contributed by atoms with Crippen LogP contribution in [-0.4, -0.2) is 26.9 Å². The van der Waals surface area contributed by atoms with E-state index >= 15 is 0 Å². The van der Waals surface area contributed by atoms with Crippen molar-refractivity contribution in [1.82, 2.24) is 0 Å². The normalized spacial score (nSPS) is 14.8. The summed E-state index contributed by atoms with van der Waals surface area (Å²) in [6.45, 7) is 3.30. The monoisotopic (exact) mass is 324 g/mol. The molecule has 1 rings (SSSR count). The highest BCUT2D eigenvalue weighted by Gasteiger charge is 2.31. The summed E-state index contributed by atoms with van der Waals surface area (Å²) in [5.74, 6) is -1.88. The van der Waals surface area contributed by atoms with Crippen LogP contribution in [0.5, 0.6) is 5.75 Å². The fourth-order valence-electron chi connectivity index (χ4n) is 1.74. The molecule has 1 aromatic carbocycles. The third kappa shape index (κ3) is 5.74. The van der Waals surface area contributed by atoms with E-state index in [1.807, 2.05) is 0 Å². The first-order valence-corrected chi connectivity index (χ1v) is 7.43. The molecule has 0 spiro atoms. The predicted molar refractivity (Wildman–Crippen MR) is 71.2 cm³/mol. The molecule has 2 unspecified atom stereocenters. The number of hydrogen-bond acceptors (Lipinski definition) is 3. The molecule has 0 aliphatic heterocycles. The van der Waals surface area contributed by atoms with Crippen LogP contribution < -0.4 is 4.74 Å². The summed E-state index contributed by atoms with van der Waals surface area (Å²) >= 11 is 0. The molecule has 0 fully saturated rings. The fraction of sp³-hybridized carbons (Fsp3) is 0.462. The molecule has 0 saturated carbocycles. The molecule has 0 bridgehead atoms. The second-order valence-electron chi connectivity index (χ2n) is 4.72. The third-order valence-corrected chi connectivity index (χ3v) is 4.53. The summed E-state index contributed by atoms with van der Waals surface area (Å²) < 4.78 is 51.7. The molecule has 1 aromatic rings. The van der Waals surface area contributed by atoms with Gasteiger partial charge in [0.1, 0.15) is 11.0 Å². The molecule has 21 heavy (non-hydrogen) atoms. The van der Waals surface area contributed by atoms with Gasteiger partial charge in [0.25, 0.3) is 0 Å². The van der Waals surface area contributed by atoms with Crippen LogP contribution in [0.1, 0.15) is 19.4 Å². The van der Waals surface area contributed by atoms with Gasteiger partial charge >= 0.3 is 12.3 Å². The predicted octanol–water partition coefficient (Wildman–Crippen LogP) is 2.94. The number of alkyl halides is 3. The summed E-state index contributed by atoms with van der Waals surface area (Å²) in [4.78, 5) is 11.0. The molecule has 2 atom stereocenters. The van der Waals surface area contributed by atoms with Crippen LogP contribution in [0.2, 0.25) is 0 Å². The maximum Gasteiger partial charge on any atom is 0.573 e. The van der Waals surface area contributed by atoms with Crippen LogP contribution in [0, 0.1) is 5.92 Å². The van der Waals surface area contributed by atoms with Gasteiger partial charge < -0.3 is 9.84 Å². The Balaban J connectivity index is 2.75. The van der Waals surface area contributed by atoms with E-state index in [-0.39, 0.29) is 17.4 Å². The molecule has 0 radical (unpaired) electrons. The fourth-order valence-corrected chi connectivity index (χ4v) is 3.28. The smallest absolute Gasteiger partial charge is 0.480 e. The highest BCUT2D eigenvalue weighted by molar-refractivity contribution is 7.85. The highest BCUT2D eigenvalue weighted by atomic mass is 32.2. The van der Waals surface area contributed by atoms with Crippen LogP contribution >= 0.6 is 0 Å². The number of carboxylic acids is 1. The van der Waals surface area contributed by atoms with Gasteiger partial charge in [0.15, 0.2) is 0 Å². The molecule has 1 N–H and O–H groups in total. The molecule has 0 heterocycles. The van der Waals surface area contributed by atoms with E-state index in [1.54, 1.807) is 13.8 Å². The average molecular weight is 324 g/mol. The van der Waals surface area contributed by atoms with Crippen molar-refractivity contribution in [2.75, 3.05) is 0 Å². The first-order chi connectivity index (χ1) is 9.60. The Morgan fingerprint density at radius 3 is 2.19 bits per heavy atom. The Morgan fingerprint density at radius 2 is 1.81 bits per heavy atom. The number of benzene rings is 1. The van der Waals surface area contributed by atoms with Crippen LogP contribution in [-0.2, 0) is 21.3 Å². The van der Waals surface area contributed by atoms with Gasteiger partial charge in [0, 0.05) is 16.6 Å². The maximum atomic E-state index is 12.0. The van der Waals surface area contributed by atoms with E-state index in [0.717, 1.165) is 12.1 Å². The lowest BCUT2D eigenvalue weighted by atomic mass is 10.1. The van der Waals surface area contributed by atoms with Crippen molar-refractivity contribution in [3.05, 3.63) is 29.8 Å². The van der Waals surface area contributed by atoms with Gasteiger partial charge in [-0.25, -0.2) is 0 Å². The van der Waals surface area contributed by atoms with Crippen molar-refractivity contribution in [3.63, 3.8) is 0 Å². The second-order valence-corrected chi connectivity index (χ2v) is 6.28. The second kappa shape index (κ2) is 6.93. The highest BCUT2D eigenvalue weighted by Crippen LogP contribution is 2.23.